The average molecular weight is 249 g/mol. The van der Waals surface area contributed by atoms with Gasteiger partial charge in [-0.05, 0) is 32.9 Å². The molecule has 0 radical (unpaired) electrons. The van der Waals surface area contributed by atoms with Crippen molar-refractivity contribution in [1.82, 2.24) is 9.88 Å². The predicted molar refractivity (Wildman–Crippen MR) is 73.7 cm³/mol. The van der Waals surface area contributed by atoms with Crippen LogP contribution in [0.1, 0.15) is 26.5 Å². The molecule has 1 unspecified atom stereocenters. The lowest BCUT2D eigenvalue weighted by Gasteiger charge is -2.41. The predicted octanol–water partition coefficient (Wildman–Crippen LogP) is 2.12. The zero-order chi connectivity index (χ0) is 13.2. The molecule has 4 heteroatoms. The van der Waals surface area contributed by atoms with Crippen molar-refractivity contribution < 1.29 is 4.74 Å². The number of aromatic nitrogens is 1. The first-order chi connectivity index (χ1) is 8.48. The van der Waals surface area contributed by atoms with Gasteiger partial charge in [0.05, 0.1) is 17.4 Å². The molecule has 1 N–H and O–H groups in total. The maximum absolute atomic E-state index is 5.91. The Kier molecular flexibility index (Phi) is 3.88. The zero-order valence-corrected chi connectivity index (χ0v) is 11.7. The fourth-order valence-electron chi connectivity index (χ4n) is 2.66. The number of pyridine rings is 1. The second-order valence-corrected chi connectivity index (χ2v) is 5.64. The van der Waals surface area contributed by atoms with Crippen molar-refractivity contribution in [2.45, 2.75) is 39.0 Å². The first kappa shape index (κ1) is 13.3. The molecule has 0 spiro atoms. The second-order valence-electron chi connectivity index (χ2n) is 5.64. The van der Waals surface area contributed by atoms with Crippen molar-refractivity contribution in [2.75, 3.05) is 25.5 Å². The van der Waals surface area contributed by atoms with Crippen LogP contribution < -0.4 is 5.32 Å². The highest BCUT2D eigenvalue weighted by atomic mass is 16.5. The number of rotatable bonds is 3. The number of hydrogen-bond acceptors (Lipinski definition) is 4. The lowest BCUT2D eigenvalue weighted by molar-refractivity contribution is -0.130. The summed E-state index contributed by atoms with van der Waals surface area (Å²) in [6, 6.07) is 4.09. The molecule has 0 aliphatic carbocycles. The molecule has 4 nitrogen and oxygen atoms in total. The Hall–Kier alpha value is -1.13. The summed E-state index contributed by atoms with van der Waals surface area (Å²) in [7, 11) is 1.93. The van der Waals surface area contributed by atoms with Gasteiger partial charge in [0.25, 0.3) is 0 Å². The van der Waals surface area contributed by atoms with Gasteiger partial charge in [-0.25, -0.2) is 0 Å². The first-order valence-electron chi connectivity index (χ1n) is 6.51. The molecule has 1 aromatic heterocycles. The quantitative estimate of drug-likeness (QED) is 0.890. The van der Waals surface area contributed by atoms with Gasteiger partial charge in [0, 0.05) is 38.6 Å². The van der Waals surface area contributed by atoms with Crippen LogP contribution in [0.2, 0.25) is 0 Å². The van der Waals surface area contributed by atoms with Crippen molar-refractivity contribution in [1.29, 1.82) is 0 Å². The smallest absolute Gasteiger partial charge is 0.0757 e. The lowest BCUT2D eigenvalue weighted by Crippen LogP contribution is -2.51. The third kappa shape index (κ3) is 3.43. The van der Waals surface area contributed by atoms with E-state index in [1.54, 1.807) is 0 Å². The molecule has 1 aromatic rings. The highest BCUT2D eigenvalue weighted by molar-refractivity contribution is 5.42. The minimum Gasteiger partial charge on any atom is -0.388 e. The van der Waals surface area contributed by atoms with E-state index in [0.717, 1.165) is 31.0 Å². The normalized spacial score (nSPS) is 23.9. The van der Waals surface area contributed by atoms with Crippen LogP contribution in [0.5, 0.6) is 0 Å². The first-order valence-corrected chi connectivity index (χ1v) is 6.51. The molecule has 100 valence electrons. The summed E-state index contributed by atoms with van der Waals surface area (Å²) >= 11 is 0. The number of anilines is 1. The number of nitrogens with zero attached hydrogens (tertiary/aromatic N) is 2. The van der Waals surface area contributed by atoms with Crippen LogP contribution in [0.4, 0.5) is 5.69 Å². The lowest BCUT2D eigenvalue weighted by atomic mass is 10.1. The molecule has 1 saturated heterocycles. The van der Waals surface area contributed by atoms with Crippen molar-refractivity contribution in [3.05, 3.63) is 24.0 Å². The van der Waals surface area contributed by atoms with E-state index in [1.165, 1.54) is 0 Å². The molecule has 1 atom stereocenters. The number of ether oxygens (including phenoxy) is 1. The van der Waals surface area contributed by atoms with Gasteiger partial charge >= 0.3 is 0 Å². The average Bonchev–Trinajstić information content (AvgIpc) is 2.26. The van der Waals surface area contributed by atoms with Gasteiger partial charge in [0.2, 0.25) is 0 Å². The SMILES string of the molecule is CNc1ccnc(CN2CC(C)OC(C)(C)C2)c1. The number of morpholine rings is 1. The van der Waals surface area contributed by atoms with E-state index in [2.05, 4.69) is 42.0 Å². The van der Waals surface area contributed by atoms with Gasteiger partial charge < -0.3 is 10.1 Å². The zero-order valence-electron chi connectivity index (χ0n) is 11.7. The molecule has 0 amide bonds. The molecular formula is C14H23N3O. The number of hydrogen-bond donors (Lipinski definition) is 1. The Balaban J connectivity index is 2.04. The maximum atomic E-state index is 5.91. The fourth-order valence-corrected chi connectivity index (χ4v) is 2.66. The van der Waals surface area contributed by atoms with Gasteiger partial charge in [0.1, 0.15) is 0 Å². The maximum Gasteiger partial charge on any atom is 0.0757 e. The van der Waals surface area contributed by atoms with Crippen LogP contribution in [-0.2, 0) is 11.3 Å². The van der Waals surface area contributed by atoms with Crippen LogP contribution in [0.25, 0.3) is 0 Å². The Bertz CT molecular complexity index is 406. The summed E-state index contributed by atoms with van der Waals surface area (Å²) in [5.74, 6) is 0. The van der Waals surface area contributed by atoms with Gasteiger partial charge in [-0.3, -0.25) is 9.88 Å². The highest BCUT2D eigenvalue weighted by Gasteiger charge is 2.31. The second kappa shape index (κ2) is 5.24. The van der Waals surface area contributed by atoms with Crippen molar-refractivity contribution in [3.63, 3.8) is 0 Å². The van der Waals surface area contributed by atoms with E-state index in [-0.39, 0.29) is 11.7 Å². The minimum atomic E-state index is -0.0711. The molecule has 0 bridgehead atoms. The van der Waals surface area contributed by atoms with Gasteiger partial charge in [0.15, 0.2) is 0 Å². The van der Waals surface area contributed by atoms with Crippen LogP contribution >= 0.6 is 0 Å². The van der Waals surface area contributed by atoms with Crippen LogP contribution in [0.15, 0.2) is 18.3 Å². The molecule has 1 aliphatic heterocycles. The molecule has 1 aliphatic rings. The number of nitrogens with one attached hydrogen (secondary N) is 1. The minimum absolute atomic E-state index is 0.0711. The van der Waals surface area contributed by atoms with Gasteiger partial charge in [-0.1, -0.05) is 0 Å². The van der Waals surface area contributed by atoms with E-state index in [0.29, 0.717) is 0 Å². The Morgan fingerprint density at radius 3 is 3.00 bits per heavy atom. The van der Waals surface area contributed by atoms with E-state index in [1.807, 2.05) is 19.3 Å². The van der Waals surface area contributed by atoms with Crippen LogP contribution in [-0.4, -0.2) is 41.7 Å². The Morgan fingerprint density at radius 1 is 1.56 bits per heavy atom. The standard InChI is InChI=1S/C14H23N3O/c1-11-8-17(10-14(2,3)18-11)9-13-7-12(15-4)5-6-16-13/h5-7,11H,8-10H2,1-4H3,(H,15,16). The van der Waals surface area contributed by atoms with Gasteiger partial charge in [-0.15, -0.1) is 0 Å². The van der Waals surface area contributed by atoms with Crippen LogP contribution in [0.3, 0.4) is 0 Å². The highest BCUT2D eigenvalue weighted by Crippen LogP contribution is 2.22. The summed E-state index contributed by atoms with van der Waals surface area (Å²) in [4.78, 5) is 6.84. The molecular weight excluding hydrogens is 226 g/mol. The Labute approximate surface area is 109 Å². The summed E-state index contributed by atoms with van der Waals surface area (Å²) in [6.07, 6.45) is 2.14. The summed E-state index contributed by atoms with van der Waals surface area (Å²) < 4.78 is 5.91. The molecule has 2 rings (SSSR count). The summed E-state index contributed by atoms with van der Waals surface area (Å²) in [5.41, 5.74) is 2.14. The Morgan fingerprint density at radius 2 is 2.33 bits per heavy atom. The largest absolute Gasteiger partial charge is 0.388 e. The third-order valence-corrected chi connectivity index (χ3v) is 3.13. The fraction of sp³-hybridized carbons (Fsp3) is 0.643. The van der Waals surface area contributed by atoms with Gasteiger partial charge in [-0.2, -0.15) is 0 Å². The topological polar surface area (TPSA) is 37.4 Å². The van der Waals surface area contributed by atoms with Crippen molar-refractivity contribution >= 4 is 5.69 Å². The van der Waals surface area contributed by atoms with Crippen LogP contribution in [0, 0.1) is 0 Å². The van der Waals surface area contributed by atoms with E-state index in [4.69, 9.17) is 4.74 Å². The van der Waals surface area contributed by atoms with Crippen molar-refractivity contribution in [2.24, 2.45) is 0 Å². The van der Waals surface area contributed by atoms with Crippen molar-refractivity contribution in [3.8, 4) is 0 Å². The third-order valence-electron chi connectivity index (χ3n) is 3.13. The molecule has 18 heavy (non-hydrogen) atoms. The monoisotopic (exact) mass is 249 g/mol. The summed E-state index contributed by atoms with van der Waals surface area (Å²) in [5, 5.41) is 3.15. The molecule has 0 aromatic carbocycles. The van der Waals surface area contributed by atoms with E-state index >= 15 is 0 Å². The molecule has 0 saturated carbocycles. The molecule has 1 fully saturated rings. The van der Waals surface area contributed by atoms with E-state index in [9.17, 15) is 0 Å². The molecule has 2 heterocycles. The van der Waals surface area contributed by atoms with E-state index < -0.39 is 0 Å². The summed E-state index contributed by atoms with van der Waals surface area (Å²) in [6.45, 7) is 9.22.